The van der Waals surface area contributed by atoms with Crippen molar-refractivity contribution in [2.75, 3.05) is 46.2 Å². The second kappa shape index (κ2) is 8.37. The maximum atomic E-state index is 12.5. The monoisotopic (exact) mass is 396 g/mol. The van der Waals surface area contributed by atoms with Crippen LogP contribution in [0.15, 0.2) is 18.2 Å². The smallest absolute Gasteiger partial charge is 0.214 e. The fourth-order valence-electron chi connectivity index (χ4n) is 4.62. The molecule has 0 aromatic heterocycles. The van der Waals surface area contributed by atoms with E-state index < -0.39 is 10.0 Å². The molecule has 0 bridgehead atoms. The topological polar surface area (TPSA) is 59.1 Å². The van der Waals surface area contributed by atoms with Crippen molar-refractivity contribution in [3.8, 4) is 11.5 Å². The quantitative estimate of drug-likeness (QED) is 0.709. The van der Waals surface area contributed by atoms with Crippen LogP contribution in [0.2, 0.25) is 0 Å². The standard InChI is InChI=1S/C20H32N2O4S/c1-4-13-27(23,24)22-12-10-20(16-22)9-6-11-21(15-20)14-17-7-5-8-18(25-2)19(17)26-3/h5,7-8H,4,6,9-16H2,1-3H3/t20-/m1/s1. The number of likely N-dealkylation sites (tertiary alicyclic amines) is 1. The van der Waals surface area contributed by atoms with Gasteiger partial charge in [0.15, 0.2) is 11.5 Å². The lowest BCUT2D eigenvalue weighted by Gasteiger charge is -2.40. The van der Waals surface area contributed by atoms with Crippen molar-refractivity contribution >= 4 is 10.0 Å². The largest absolute Gasteiger partial charge is 0.493 e. The summed E-state index contributed by atoms with van der Waals surface area (Å²) >= 11 is 0. The highest BCUT2D eigenvalue weighted by Crippen LogP contribution is 2.41. The number of rotatable bonds is 7. The van der Waals surface area contributed by atoms with Gasteiger partial charge in [0.2, 0.25) is 10.0 Å². The van der Waals surface area contributed by atoms with Crippen molar-refractivity contribution in [1.29, 1.82) is 0 Å². The number of ether oxygens (including phenoxy) is 2. The molecular formula is C20H32N2O4S. The SMILES string of the molecule is CCCS(=O)(=O)N1CC[C@@]2(CCCN(Cc3cccc(OC)c3OC)C2)C1. The van der Waals surface area contributed by atoms with Gasteiger partial charge in [-0.2, -0.15) is 0 Å². The average Bonchev–Trinajstić information content (AvgIpc) is 3.05. The molecule has 2 heterocycles. The molecule has 1 aromatic rings. The van der Waals surface area contributed by atoms with E-state index in [1.54, 1.807) is 18.5 Å². The molecule has 6 nitrogen and oxygen atoms in total. The summed E-state index contributed by atoms with van der Waals surface area (Å²) in [6.07, 6.45) is 3.85. The first kappa shape index (κ1) is 20.4. The summed E-state index contributed by atoms with van der Waals surface area (Å²) in [4.78, 5) is 2.44. The molecule has 1 spiro atoms. The predicted octanol–water partition coefficient (Wildman–Crippen LogP) is 2.73. The Morgan fingerprint density at radius 3 is 2.63 bits per heavy atom. The Morgan fingerprint density at radius 2 is 1.93 bits per heavy atom. The van der Waals surface area contributed by atoms with Crippen LogP contribution < -0.4 is 9.47 Å². The summed E-state index contributed by atoms with van der Waals surface area (Å²) in [6.45, 7) is 6.02. The first-order valence-corrected chi connectivity index (χ1v) is 11.4. The third-order valence-corrected chi connectivity index (χ3v) is 7.90. The molecule has 2 fully saturated rings. The Balaban J connectivity index is 1.71. The van der Waals surface area contributed by atoms with Gasteiger partial charge in [0, 0.05) is 31.7 Å². The van der Waals surface area contributed by atoms with E-state index in [0.717, 1.165) is 56.0 Å². The third kappa shape index (κ3) is 4.41. The van der Waals surface area contributed by atoms with Crippen molar-refractivity contribution in [3.05, 3.63) is 23.8 Å². The highest BCUT2D eigenvalue weighted by Gasteiger charge is 2.44. The molecule has 0 N–H and O–H groups in total. The lowest BCUT2D eigenvalue weighted by molar-refractivity contribution is 0.0927. The minimum absolute atomic E-state index is 0.0885. The van der Waals surface area contributed by atoms with Gasteiger partial charge >= 0.3 is 0 Å². The Labute approximate surface area is 163 Å². The summed E-state index contributed by atoms with van der Waals surface area (Å²) in [5, 5.41) is 0. The predicted molar refractivity (Wildman–Crippen MR) is 107 cm³/mol. The van der Waals surface area contributed by atoms with Crippen molar-refractivity contribution in [1.82, 2.24) is 9.21 Å². The lowest BCUT2D eigenvalue weighted by Crippen LogP contribution is -2.45. The number of piperidine rings is 1. The van der Waals surface area contributed by atoms with E-state index in [0.29, 0.717) is 19.5 Å². The van der Waals surface area contributed by atoms with E-state index in [9.17, 15) is 8.42 Å². The van der Waals surface area contributed by atoms with Crippen LogP contribution in [0, 0.1) is 5.41 Å². The fraction of sp³-hybridized carbons (Fsp3) is 0.700. The van der Waals surface area contributed by atoms with Crippen molar-refractivity contribution in [2.45, 2.75) is 39.2 Å². The Kier molecular flexibility index (Phi) is 6.33. The highest BCUT2D eigenvalue weighted by molar-refractivity contribution is 7.89. The van der Waals surface area contributed by atoms with Gasteiger partial charge in [0.1, 0.15) is 0 Å². The van der Waals surface area contributed by atoms with Gasteiger partial charge in [0.25, 0.3) is 0 Å². The summed E-state index contributed by atoms with van der Waals surface area (Å²) in [5.74, 6) is 1.80. The molecule has 2 saturated heterocycles. The zero-order valence-electron chi connectivity index (χ0n) is 16.7. The summed E-state index contributed by atoms with van der Waals surface area (Å²) in [5.41, 5.74) is 1.20. The molecule has 7 heteroatoms. The second-order valence-corrected chi connectivity index (χ2v) is 9.95. The van der Waals surface area contributed by atoms with Crippen molar-refractivity contribution in [2.24, 2.45) is 5.41 Å². The van der Waals surface area contributed by atoms with Crippen LogP contribution in [0.3, 0.4) is 0 Å². The first-order valence-electron chi connectivity index (χ1n) is 9.83. The van der Waals surface area contributed by atoms with Gasteiger partial charge in [-0.3, -0.25) is 4.90 Å². The van der Waals surface area contributed by atoms with Crippen LogP contribution in [0.25, 0.3) is 0 Å². The van der Waals surface area contributed by atoms with Crippen LogP contribution in [0.5, 0.6) is 11.5 Å². The van der Waals surface area contributed by atoms with Gasteiger partial charge in [-0.25, -0.2) is 12.7 Å². The Bertz CT molecular complexity index is 752. The fourth-order valence-corrected chi connectivity index (χ4v) is 6.23. The molecule has 0 amide bonds. The van der Waals surface area contributed by atoms with E-state index in [1.807, 2.05) is 19.1 Å². The number of para-hydroxylation sites is 1. The van der Waals surface area contributed by atoms with Crippen LogP contribution in [0.1, 0.15) is 38.2 Å². The minimum Gasteiger partial charge on any atom is -0.493 e. The van der Waals surface area contributed by atoms with Gasteiger partial charge in [0.05, 0.1) is 20.0 Å². The molecule has 27 heavy (non-hydrogen) atoms. The van der Waals surface area contributed by atoms with E-state index in [-0.39, 0.29) is 11.2 Å². The van der Waals surface area contributed by atoms with Crippen LogP contribution >= 0.6 is 0 Å². The molecule has 3 rings (SSSR count). The maximum Gasteiger partial charge on any atom is 0.214 e. The lowest BCUT2D eigenvalue weighted by atomic mass is 9.79. The number of benzene rings is 1. The molecule has 0 saturated carbocycles. The highest BCUT2D eigenvalue weighted by atomic mass is 32.2. The molecule has 0 radical (unpaired) electrons. The van der Waals surface area contributed by atoms with E-state index >= 15 is 0 Å². The van der Waals surface area contributed by atoms with Gasteiger partial charge in [-0.1, -0.05) is 19.1 Å². The number of nitrogens with zero attached hydrogens (tertiary/aromatic N) is 2. The zero-order valence-corrected chi connectivity index (χ0v) is 17.6. The molecular weight excluding hydrogens is 364 g/mol. The van der Waals surface area contributed by atoms with E-state index in [2.05, 4.69) is 11.0 Å². The molecule has 1 aromatic carbocycles. The Morgan fingerprint density at radius 1 is 1.11 bits per heavy atom. The normalized spacial score (nSPS) is 24.4. The average molecular weight is 397 g/mol. The number of methoxy groups -OCH3 is 2. The zero-order chi connectivity index (χ0) is 19.5. The molecule has 2 aliphatic heterocycles. The van der Waals surface area contributed by atoms with Gasteiger partial charge in [-0.05, 0) is 43.7 Å². The number of hydrogen-bond donors (Lipinski definition) is 0. The van der Waals surface area contributed by atoms with Crippen molar-refractivity contribution < 1.29 is 17.9 Å². The molecule has 0 unspecified atom stereocenters. The Hall–Kier alpha value is -1.31. The molecule has 1 atom stereocenters. The number of sulfonamides is 1. The molecule has 152 valence electrons. The summed E-state index contributed by atoms with van der Waals surface area (Å²) in [6, 6.07) is 5.98. The molecule has 0 aliphatic carbocycles. The van der Waals surface area contributed by atoms with Crippen LogP contribution in [-0.4, -0.2) is 63.8 Å². The number of hydrogen-bond acceptors (Lipinski definition) is 5. The van der Waals surface area contributed by atoms with Gasteiger partial charge in [-0.15, -0.1) is 0 Å². The van der Waals surface area contributed by atoms with Crippen LogP contribution in [0.4, 0.5) is 0 Å². The first-order chi connectivity index (χ1) is 12.9. The minimum atomic E-state index is -3.10. The third-order valence-electron chi connectivity index (χ3n) is 5.88. The van der Waals surface area contributed by atoms with E-state index in [1.165, 1.54) is 0 Å². The summed E-state index contributed by atoms with van der Waals surface area (Å²) < 4.78 is 37.7. The summed E-state index contributed by atoms with van der Waals surface area (Å²) in [7, 11) is 0.224. The maximum absolute atomic E-state index is 12.5. The van der Waals surface area contributed by atoms with E-state index in [4.69, 9.17) is 9.47 Å². The molecule has 2 aliphatic rings. The van der Waals surface area contributed by atoms with Crippen molar-refractivity contribution in [3.63, 3.8) is 0 Å². The van der Waals surface area contributed by atoms with Gasteiger partial charge < -0.3 is 9.47 Å². The second-order valence-electron chi connectivity index (χ2n) is 7.87. The van der Waals surface area contributed by atoms with Crippen LogP contribution in [-0.2, 0) is 16.6 Å².